The van der Waals surface area contributed by atoms with Crippen molar-refractivity contribution < 1.29 is 13.9 Å². The number of nitrogens with one attached hydrogen (secondary N) is 1. The van der Waals surface area contributed by atoms with E-state index >= 15 is 0 Å². The van der Waals surface area contributed by atoms with Gasteiger partial charge >= 0.3 is 0 Å². The van der Waals surface area contributed by atoms with Gasteiger partial charge in [0.05, 0.1) is 0 Å². The molecule has 1 aromatic heterocycles. The summed E-state index contributed by atoms with van der Waals surface area (Å²) in [6, 6.07) is 13.4. The van der Waals surface area contributed by atoms with Crippen molar-refractivity contribution in [3.05, 3.63) is 59.9 Å². The maximum Gasteiger partial charge on any atom is 0.264 e. The summed E-state index contributed by atoms with van der Waals surface area (Å²) >= 11 is 1.28. The van der Waals surface area contributed by atoms with E-state index in [1.807, 2.05) is 31.2 Å². The van der Waals surface area contributed by atoms with Gasteiger partial charge in [-0.3, -0.25) is 10.1 Å². The largest absolute Gasteiger partial charge is 0.484 e. The summed E-state index contributed by atoms with van der Waals surface area (Å²) < 4.78 is 18.1. The molecule has 122 valence electrons. The van der Waals surface area contributed by atoms with E-state index in [0.717, 1.165) is 16.1 Å². The Morgan fingerprint density at radius 2 is 1.83 bits per heavy atom. The van der Waals surface area contributed by atoms with Crippen LogP contribution in [-0.4, -0.2) is 22.7 Å². The Morgan fingerprint density at radius 3 is 2.54 bits per heavy atom. The van der Waals surface area contributed by atoms with E-state index < -0.39 is 0 Å². The summed E-state index contributed by atoms with van der Waals surface area (Å²) in [5.74, 6) is -0.292. The molecule has 5 nitrogen and oxygen atoms in total. The molecule has 1 amide bonds. The molecule has 0 spiro atoms. The molecule has 0 saturated carbocycles. The number of anilines is 1. The van der Waals surface area contributed by atoms with Gasteiger partial charge in [0.15, 0.2) is 6.61 Å². The number of nitrogens with zero attached hydrogens (tertiary/aromatic N) is 2. The van der Waals surface area contributed by atoms with Crippen LogP contribution in [0.25, 0.3) is 10.6 Å². The molecule has 24 heavy (non-hydrogen) atoms. The van der Waals surface area contributed by atoms with E-state index in [0.29, 0.717) is 10.9 Å². The van der Waals surface area contributed by atoms with Crippen molar-refractivity contribution in [3.8, 4) is 16.3 Å². The van der Waals surface area contributed by atoms with Crippen molar-refractivity contribution in [2.45, 2.75) is 6.92 Å². The second-order valence-electron chi connectivity index (χ2n) is 5.07. The minimum absolute atomic E-state index is 0.189. The predicted molar refractivity (Wildman–Crippen MR) is 90.6 cm³/mol. The van der Waals surface area contributed by atoms with Gasteiger partial charge < -0.3 is 4.74 Å². The minimum atomic E-state index is -0.357. The van der Waals surface area contributed by atoms with Crippen LogP contribution >= 0.6 is 11.3 Å². The first kappa shape index (κ1) is 16.1. The van der Waals surface area contributed by atoms with E-state index in [1.54, 1.807) is 0 Å². The molecule has 0 aliphatic rings. The van der Waals surface area contributed by atoms with Gasteiger partial charge in [-0.1, -0.05) is 41.2 Å². The molecule has 0 radical (unpaired) electrons. The average Bonchev–Trinajstić information content (AvgIpc) is 3.03. The van der Waals surface area contributed by atoms with E-state index in [9.17, 15) is 9.18 Å². The van der Waals surface area contributed by atoms with Crippen LogP contribution in [0.2, 0.25) is 0 Å². The molecule has 0 aliphatic carbocycles. The van der Waals surface area contributed by atoms with Gasteiger partial charge in [0.2, 0.25) is 5.13 Å². The summed E-state index contributed by atoms with van der Waals surface area (Å²) in [6.07, 6.45) is 0. The van der Waals surface area contributed by atoms with Gasteiger partial charge in [0.25, 0.3) is 5.91 Å². The Morgan fingerprint density at radius 1 is 1.12 bits per heavy atom. The van der Waals surface area contributed by atoms with Crippen molar-refractivity contribution in [1.29, 1.82) is 0 Å². The Hall–Kier alpha value is -2.80. The highest BCUT2D eigenvalue weighted by Gasteiger charge is 2.10. The smallest absolute Gasteiger partial charge is 0.264 e. The third kappa shape index (κ3) is 4.14. The minimum Gasteiger partial charge on any atom is -0.484 e. The zero-order valence-electron chi connectivity index (χ0n) is 12.8. The van der Waals surface area contributed by atoms with Crippen molar-refractivity contribution in [2.75, 3.05) is 11.9 Å². The summed E-state index contributed by atoms with van der Waals surface area (Å²) in [5.41, 5.74) is 2.11. The van der Waals surface area contributed by atoms with Crippen molar-refractivity contribution in [3.63, 3.8) is 0 Å². The molecule has 1 N–H and O–H groups in total. The molecule has 0 atom stereocenters. The predicted octanol–water partition coefficient (Wildman–Crippen LogP) is 3.67. The first-order valence-electron chi connectivity index (χ1n) is 7.19. The summed E-state index contributed by atoms with van der Waals surface area (Å²) in [5, 5.41) is 11.8. The Bertz CT molecular complexity index is 832. The number of aryl methyl sites for hydroxylation is 1. The van der Waals surface area contributed by atoms with Crippen molar-refractivity contribution >= 4 is 22.4 Å². The fourth-order valence-electron chi connectivity index (χ4n) is 1.92. The fraction of sp³-hybridized carbons (Fsp3) is 0.118. The Kier molecular flexibility index (Phi) is 4.81. The topological polar surface area (TPSA) is 64.1 Å². The fourth-order valence-corrected chi connectivity index (χ4v) is 2.69. The maximum atomic E-state index is 12.8. The van der Waals surface area contributed by atoms with Crippen LogP contribution in [0, 0.1) is 12.7 Å². The number of carbonyl (C=O) groups excluding carboxylic acids is 1. The highest BCUT2D eigenvalue weighted by Crippen LogP contribution is 2.26. The molecule has 7 heteroatoms. The number of halogens is 1. The van der Waals surface area contributed by atoms with Crippen LogP contribution in [0.3, 0.4) is 0 Å². The molecule has 0 aliphatic heterocycles. The lowest BCUT2D eigenvalue weighted by Gasteiger charge is -2.05. The van der Waals surface area contributed by atoms with Gasteiger partial charge in [-0.25, -0.2) is 4.39 Å². The number of ether oxygens (including phenoxy) is 1. The summed E-state index contributed by atoms with van der Waals surface area (Å²) in [6.45, 7) is 1.82. The number of carbonyl (C=O) groups is 1. The third-order valence-corrected chi connectivity index (χ3v) is 4.04. The lowest BCUT2D eigenvalue weighted by molar-refractivity contribution is -0.118. The van der Waals surface area contributed by atoms with E-state index in [1.165, 1.54) is 35.6 Å². The normalized spacial score (nSPS) is 10.4. The molecule has 0 saturated heterocycles. The molecule has 0 fully saturated rings. The lowest BCUT2D eigenvalue weighted by Crippen LogP contribution is -2.20. The highest BCUT2D eigenvalue weighted by molar-refractivity contribution is 7.18. The first-order valence-corrected chi connectivity index (χ1v) is 8.00. The Labute approximate surface area is 142 Å². The van der Waals surface area contributed by atoms with E-state index in [-0.39, 0.29) is 18.3 Å². The number of aromatic nitrogens is 2. The summed E-state index contributed by atoms with van der Waals surface area (Å²) in [4.78, 5) is 11.9. The van der Waals surface area contributed by atoms with Gasteiger partial charge in [-0.05, 0) is 31.2 Å². The van der Waals surface area contributed by atoms with Crippen LogP contribution in [0.1, 0.15) is 5.56 Å². The van der Waals surface area contributed by atoms with E-state index in [2.05, 4.69) is 15.5 Å². The first-order chi connectivity index (χ1) is 11.6. The van der Waals surface area contributed by atoms with Crippen LogP contribution in [0.5, 0.6) is 5.75 Å². The van der Waals surface area contributed by atoms with Crippen molar-refractivity contribution in [2.24, 2.45) is 0 Å². The van der Waals surface area contributed by atoms with Crippen molar-refractivity contribution in [1.82, 2.24) is 10.2 Å². The van der Waals surface area contributed by atoms with Gasteiger partial charge in [-0.2, -0.15) is 0 Å². The standard InChI is InChI=1S/C17H14FN3O2S/c1-11-2-4-12(5-3-11)16-20-21-17(24-16)19-15(22)10-23-14-8-6-13(18)7-9-14/h2-9H,10H2,1H3,(H,19,21,22). The van der Waals surface area contributed by atoms with E-state index in [4.69, 9.17) is 4.74 Å². The zero-order valence-corrected chi connectivity index (χ0v) is 13.6. The van der Waals surface area contributed by atoms with Crippen LogP contribution < -0.4 is 10.1 Å². The second kappa shape index (κ2) is 7.18. The molecular weight excluding hydrogens is 329 g/mol. The number of benzene rings is 2. The lowest BCUT2D eigenvalue weighted by atomic mass is 10.2. The second-order valence-corrected chi connectivity index (χ2v) is 6.05. The highest BCUT2D eigenvalue weighted by atomic mass is 32.1. The molecule has 1 heterocycles. The molecule has 2 aromatic carbocycles. The van der Waals surface area contributed by atoms with Crippen LogP contribution in [-0.2, 0) is 4.79 Å². The Balaban J connectivity index is 1.57. The van der Waals surface area contributed by atoms with Crippen LogP contribution in [0.4, 0.5) is 9.52 Å². The molecule has 0 bridgehead atoms. The number of hydrogen-bond donors (Lipinski definition) is 1. The van der Waals surface area contributed by atoms with Crippen LogP contribution in [0.15, 0.2) is 48.5 Å². The molecule has 3 rings (SSSR count). The number of amides is 1. The molecule has 3 aromatic rings. The number of hydrogen-bond acceptors (Lipinski definition) is 5. The molecule has 0 unspecified atom stereocenters. The zero-order chi connectivity index (χ0) is 16.9. The van der Waals surface area contributed by atoms with Gasteiger partial charge in [0, 0.05) is 5.56 Å². The average molecular weight is 343 g/mol. The monoisotopic (exact) mass is 343 g/mol. The maximum absolute atomic E-state index is 12.8. The summed E-state index contributed by atoms with van der Waals surface area (Å²) in [7, 11) is 0. The quantitative estimate of drug-likeness (QED) is 0.768. The molecular formula is C17H14FN3O2S. The number of rotatable bonds is 5. The SMILES string of the molecule is Cc1ccc(-c2nnc(NC(=O)COc3ccc(F)cc3)s2)cc1. The van der Waals surface area contributed by atoms with Gasteiger partial charge in [-0.15, -0.1) is 10.2 Å². The third-order valence-electron chi connectivity index (χ3n) is 3.15. The van der Waals surface area contributed by atoms with Gasteiger partial charge in [0.1, 0.15) is 16.6 Å².